The van der Waals surface area contributed by atoms with Crippen LogP contribution in [-0.4, -0.2) is 118 Å². The Hall–Kier alpha value is -5.91. The molecule has 0 radical (unpaired) electrons. The highest BCUT2D eigenvalue weighted by atomic mass is 35.5. The van der Waals surface area contributed by atoms with E-state index < -0.39 is 16.9 Å². The Balaban J connectivity index is 0.961. The first kappa shape index (κ1) is 52.5. The fourth-order valence-corrected chi connectivity index (χ4v) is 12.2. The normalized spacial score (nSPS) is 18.4. The monoisotopic (exact) mass is 1080 g/mol. The Labute approximate surface area is 451 Å². The number of carbonyl (C=O) groups excluding carboxylic acids is 2. The van der Waals surface area contributed by atoms with Crippen LogP contribution in [-0.2, 0) is 35.2 Å². The van der Waals surface area contributed by atoms with E-state index in [0.29, 0.717) is 127 Å². The molecule has 2 unspecified atom stereocenters. The number of carbonyl (C=O) groups is 2. The Kier molecular flexibility index (Phi) is 14.6. The molecule has 6 aromatic rings. The van der Waals surface area contributed by atoms with Crippen molar-refractivity contribution in [2.75, 3.05) is 53.7 Å². The summed E-state index contributed by atoms with van der Waals surface area (Å²) in [4.78, 5) is 44.5. The highest BCUT2D eigenvalue weighted by Gasteiger charge is 2.43. The second-order valence-corrected chi connectivity index (χ2v) is 22.6. The van der Waals surface area contributed by atoms with Crippen LogP contribution < -0.4 is 18.9 Å². The maximum Gasteiger partial charge on any atom is 0.274 e. The van der Waals surface area contributed by atoms with Crippen molar-refractivity contribution < 1.29 is 42.4 Å². The van der Waals surface area contributed by atoms with Crippen LogP contribution in [0.2, 0.25) is 10.0 Å². The van der Waals surface area contributed by atoms with Crippen LogP contribution in [0.4, 0.5) is 4.39 Å². The molecule has 0 spiro atoms. The van der Waals surface area contributed by atoms with E-state index in [9.17, 15) is 4.79 Å². The number of hydrogen-bond acceptors (Lipinski definition) is 11. The zero-order valence-corrected chi connectivity index (χ0v) is 46.2. The molecule has 396 valence electrons. The maximum absolute atomic E-state index is 16.4. The van der Waals surface area contributed by atoms with Crippen molar-refractivity contribution in [3.63, 3.8) is 0 Å². The van der Waals surface area contributed by atoms with Gasteiger partial charge in [-0.1, -0.05) is 35.4 Å². The molecular formula is C57H63Cl2FN6O8S. The van der Waals surface area contributed by atoms with E-state index in [2.05, 4.69) is 4.57 Å². The fraction of sp³-hybridized carbons (Fsp3) is 0.439. The molecule has 10 rings (SSSR count). The first-order valence-corrected chi connectivity index (χ1v) is 27.2. The van der Waals surface area contributed by atoms with Crippen molar-refractivity contribution in [2.45, 2.75) is 110 Å². The third-order valence-corrected chi connectivity index (χ3v) is 16.3. The van der Waals surface area contributed by atoms with Gasteiger partial charge in [-0.05, 0) is 134 Å². The van der Waals surface area contributed by atoms with Gasteiger partial charge in [0.15, 0.2) is 40.2 Å². The zero-order valence-electron chi connectivity index (χ0n) is 43.9. The van der Waals surface area contributed by atoms with Crippen LogP contribution in [0.3, 0.4) is 0 Å². The second-order valence-electron chi connectivity index (χ2n) is 20.8. The highest BCUT2D eigenvalue weighted by molar-refractivity contribution is 7.14. The van der Waals surface area contributed by atoms with E-state index in [1.807, 2.05) is 98.5 Å². The summed E-state index contributed by atoms with van der Waals surface area (Å²) < 4.78 is 57.1. The minimum Gasteiger partial charge on any atom is -0.493 e. The molecule has 3 aromatic carbocycles. The average Bonchev–Trinajstić information content (AvgIpc) is 4.13. The molecule has 7 heterocycles. The smallest absolute Gasteiger partial charge is 0.274 e. The molecule has 0 aliphatic carbocycles. The number of benzene rings is 3. The molecule has 75 heavy (non-hydrogen) atoms. The van der Waals surface area contributed by atoms with Gasteiger partial charge in [-0.2, -0.15) is 0 Å². The van der Waals surface area contributed by atoms with Gasteiger partial charge in [-0.25, -0.2) is 14.4 Å². The number of amides is 2. The van der Waals surface area contributed by atoms with Gasteiger partial charge in [0.25, 0.3) is 11.8 Å². The lowest BCUT2D eigenvalue weighted by molar-refractivity contribution is -0.0521. The molecule has 2 saturated heterocycles. The molecule has 18 heteroatoms. The quantitative estimate of drug-likeness (QED) is 0.104. The van der Waals surface area contributed by atoms with Crippen LogP contribution in [0.1, 0.15) is 110 Å². The molecule has 0 N–H and O–H groups in total. The highest BCUT2D eigenvalue weighted by Crippen LogP contribution is 2.45. The second kappa shape index (κ2) is 20.9. The lowest BCUT2D eigenvalue weighted by Gasteiger charge is -2.45. The molecular weight excluding hydrogens is 1020 g/mol. The molecule has 2 amide bonds. The van der Waals surface area contributed by atoms with Crippen molar-refractivity contribution in [3.8, 4) is 56.5 Å². The summed E-state index contributed by atoms with van der Waals surface area (Å²) in [6.45, 7) is 16.1. The number of halogens is 3. The topological polar surface area (TPSA) is 132 Å². The van der Waals surface area contributed by atoms with Crippen LogP contribution in [0.5, 0.6) is 23.0 Å². The van der Waals surface area contributed by atoms with E-state index >= 15 is 9.18 Å². The third kappa shape index (κ3) is 9.81. The van der Waals surface area contributed by atoms with Crippen LogP contribution >= 0.6 is 34.5 Å². The van der Waals surface area contributed by atoms with Crippen LogP contribution in [0.25, 0.3) is 39.5 Å². The molecule has 0 bridgehead atoms. The van der Waals surface area contributed by atoms with Crippen molar-refractivity contribution in [2.24, 2.45) is 0 Å². The largest absolute Gasteiger partial charge is 0.493 e. The number of ether oxygens (including phenoxy) is 6. The lowest BCUT2D eigenvalue weighted by atomic mass is 9.91. The molecule has 0 saturated carbocycles. The number of imidazole rings is 2. The van der Waals surface area contributed by atoms with E-state index in [1.165, 1.54) is 17.4 Å². The van der Waals surface area contributed by atoms with Gasteiger partial charge < -0.3 is 38.2 Å². The van der Waals surface area contributed by atoms with E-state index in [0.717, 1.165) is 33.1 Å². The van der Waals surface area contributed by atoms with Gasteiger partial charge in [0.2, 0.25) is 0 Å². The number of methoxy groups -OCH3 is 2. The first-order valence-electron chi connectivity index (χ1n) is 25.6. The van der Waals surface area contributed by atoms with Gasteiger partial charge in [-0.15, -0.1) is 11.3 Å². The van der Waals surface area contributed by atoms with Gasteiger partial charge in [0.1, 0.15) is 11.6 Å². The standard InChI is InChI=1S/C57H63Cl2FN6O8S/c1-10-11-34-22-40(60)38(26-39(34)59)52-61-51(41-14-12-35-23-45(69-8)47(73-32(2)3)27-43(35)65(41)52)55(68)64-19-21-72-31-57(64,7)17-16-33(4)74-48-28-44-36(24-46(48)70-9)13-15-42-50(54(67)63-18-20-71-30-56(63,5)6)62-53(66(42)44)49-25-37(58)29-75-49/h10-11,22-29,32-33H,12-21,30-31H2,1-9H3/b11-10-. The van der Waals surface area contributed by atoms with Crippen LogP contribution in [0.15, 0.2) is 53.9 Å². The van der Waals surface area contributed by atoms with Crippen molar-refractivity contribution in [3.05, 3.63) is 109 Å². The fourth-order valence-electron chi connectivity index (χ4n) is 10.9. The van der Waals surface area contributed by atoms with Gasteiger partial charge in [-0.3, -0.25) is 18.7 Å². The lowest BCUT2D eigenvalue weighted by Crippen LogP contribution is -2.57. The Bertz CT molecular complexity index is 3240. The molecule has 14 nitrogen and oxygen atoms in total. The summed E-state index contributed by atoms with van der Waals surface area (Å²) in [7, 11) is 3.23. The van der Waals surface area contributed by atoms with Crippen molar-refractivity contribution in [1.82, 2.24) is 28.9 Å². The predicted octanol–water partition coefficient (Wildman–Crippen LogP) is 11.7. The summed E-state index contributed by atoms with van der Waals surface area (Å²) in [6.07, 6.45) is 6.40. The summed E-state index contributed by atoms with van der Waals surface area (Å²) >= 11 is 14.8. The maximum atomic E-state index is 16.4. The summed E-state index contributed by atoms with van der Waals surface area (Å²) in [6, 6.07) is 12.7. The number of nitrogens with zero attached hydrogens (tertiary/aromatic N) is 6. The number of allylic oxidation sites excluding steroid dienone is 1. The Morgan fingerprint density at radius 2 is 1.36 bits per heavy atom. The molecule has 2 atom stereocenters. The summed E-state index contributed by atoms with van der Waals surface area (Å²) in [5, 5.41) is 2.81. The third-order valence-electron chi connectivity index (χ3n) is 14.7. The summed E-state index contributed by atoms with van der Waals surface area (Å²) in [5.74, 6) is 2.18. The first-order chi connectivity index (χ1) is 35.9. The number of morpholine rings is 2. The minimum atomic E-state index is -0.773. The number of aryl methyl sites for hydroxylation is 2. The van der Waals surface area contributed by atoms with Crippen LogP contribution in [0, 0.1) is 5.82 Å². The van der Waals surface area contributed by atoms with Gasteiger partial charge >= 0.3 is 0 Å². The number of fused-ring (bicyclic) bond motifs is 6. The Morgan fingerprint density at radius 3 is 1.95 bits per heavy atom. The van der Waals surface area contributed by atoms with Gasteiger partial charge in [0, 0.05) is 35.6 Å². The predicted molar refractivity (Wildman–Crippen MR) is 290 cm³/mol. The van der Waals surface area contributed by atoms with E-state index in [4.69, 9.17) is 61.6 Å². The average molecular weight is 1080 g/mol. The summed E-state index contributed by atoms with van der Waals surface area (Å²) in [5.41, 5.74) is 5.10. The molecule has 3 aromatic heterocycles. The molecule has 4 aliphatic heterocycles. The van der Waals surface area contributed by atoms with Gasteiger partial charge in [0.05, 0.1) is 102 Å². The minimum absolute atomic E-state index is 0.130. The Morgan fingerprint density at radius 1 is 0.773 bits per heavy atom. The molecule has 4 aliphatic rings. The SMILES string of the molecule is C/C=C\c1cc(F)c(-c2nc(C(=O)N3CCOCC3(C)CCC(C)Oc3cc4c(cc3OC)CCc3c(C(=O)N5CCOCC5(C)C)nc(-c5cc(Cl)cs5)n3-4)c3n2-c2cc(OC(C)C)c(OC)cc2CC3)cc1Cl. The number of hydrogen-bond donors (Lipinski definition) is 0. The zero-order chi connectivity index (χ0) is 53.1. The van der Waals surface area contributed by atoms with Crippen molar-refractivity contribution >= 4 is 52.4 Å². The van der Waals surface area contributed by atoms with E-state index in [1.54, 1.807) is 32.4 Å². The van der Waals surface area contributed by atoms with Crippen molar-refractivity contribution in [1.29, 1.82) is 0 Å². The number of aromatic nitrogens is 4. The number of thiophene rings is 1. The van der Waals surface area contributed by atoms with E-state index in [-0.39, 0.29) is 47.7 Å². The molecule has 2 fully saturated rings. The number of rotatable bonds is 14.